The second kappa shape index (κ2) is 9.93. The smallest absolute Gasteiger partial charge is 0.274 e. The van der Waals surface area contributed by atoms with Gasteiger partial charge in [-0.2, -0.15) is 0 Å². The number of benzene rings is 2. The molecule has 0 aliphatic carbocycles. The van der Waals surface area contributed by atoms with Gasteiger partial charge in [0.05, 0.1) is 12.6 Å². The maximum atomic E-state index is 13.3. The fraction of sp³-hybridized carbons (Fsp3) is 0.269. The van der Waals surface area contributed by atoms with Gasteiger partial charge in [-0.3, -0.25) is 14.4 Å². The normalized spacial score (nSPS) is 15.3. The molecule has 0 bridgehead atoms. The highest BCUT2D eigenvalue weighted by molar-refractivity contribution is 5.97. The number of hydrogen-bond donors (Lipinski definition) is 2. The zero-order chi connectivity index (χ0) is 24.2. The number of fused-ring (bicyclic) bond motifs is 1. The predicted molar refractivity (Wildman–Crippen MR) is 128 cm³/mol. The molecule has 0 saturated carbocycles. The third-order valence-corrected chi connectivity index (χ3v) is 6.04. The van der Waals surface area contributed by atoms with E-state index in [1.165, 1.54) is 13.1 Å². The van der Waals surface area contributed by atoms with Gasteiger partial charge < -0.3 is 24.6 Å². The SMILES string of the molecule is COCCN1C[C@H](C(c2ccccc2)c2ccccc2)n2cc(NC(C)=O)c(=O)c(O)c2C1=O. The van der Waals surface area contributed by atoms with Crippen molar-refractivity contribution in [2.24, 2.45) is 0 Å². The number of carbonyl (C=O) groups is 2. The lowest BCUT2D eigenvalue weighted by Gasteiger charge is -2.40. The van der Waals surface area contributed by atoms with Crippen molar-refractivity contribution in [3.63, 3.8) is 0 Å². The summed E-state index contributed by atoms with van der Waals surface area (Å²) in [5.74, 6) is -1.79. The van der Waals surface area contributed by atoms with E-state index in [1.54, 1.807) is 16.6 Å². The van der Waals surface area contributed by atoms with E-state index in [9.17, 15) is 19.5 Å². The molecule has 2 N–H and O–H groups in total. The minimum atomic E-state index is -0.793. The average Bonchev–Trinajstić information content (AvgIpc) is 2.84. The molecule has 4 rings (SSSR count). The van der Waals surface area contributed by atoms with E-state index in [1.807, 2.05) is 60.7 Å². The second-order valence-electron chi connectivity index (χ2n) is 8.27. The molecule has 176 valence electrons. The van der Waals surface area contributed by atoms with Crippen molar-refractivity contribution < 1.29 is 19.4 Å². The van der Waals surface area contributed by atoms with Gasteiger partial charge in [0.2, 0.25) is 11.3 Å². The van der Waals surface area contributed by atoms with Crippen molar-refractivity contribution in [1.82, 2.24) is 9.47 Å². The molecule has 1 aliphatic rings. The van der Waals surface area contributed by atoms with E-state index in [2.05, 4.69) is 5.32 Å². The molecule has 2 heterocycles. The Morgan fingerprint density at radius 2 is 1.68 bits per heavy atom. The van der Waals surface area contributed by atoms with E-state index in [-0.39, 0.29) is 23.3 Å². The fourth-order valence-corrected chi connectivity index (χ4v) is 4.54. The van der Waals surface area contributed by atoms with Gasteiger partial charge in [-0.05, 0) is 11.1 Å². The third kappa shape index (κ3) is 4.45. The van der Waals surface area contributed by atoms with Crippen molar-refractivity contribution in [1.29, 1.82) is 0 Å². The van der Waals surface area contributed by atoms with Crippen molar-refractivity contribution in [2.75, 3.05) is 32.1 Å². The van der Waals surface area contributed by atoms with Gasteiger partial charge in [0.15, 0.2) is 11.4 Å². The van der Waals surface area contributed by atoms with Crippen LogP contribution >= 0.6 is 0 Å². The molecule has 2 aromatic carbocycles. The van der Waals surface area contributed by atoms with Crippen LogP contribution in [0.5, 0.6) is 5.75 Å². The van der Waals surface area contributed by atoms with E-state index in [0.29, 0.717) is 19.7 Å². The summed E-state index contributed by atoms with van der Waals surface area (Å²) in [4.78, 5) is 39.4. The minimum Gasteiger partial charge on any atom is -0.502 e. The molecule has 2 amide bonds. The molecule has 0 saturated heterocycles. The highest BCUT2D eigenvalue weighted by Gasteiger charge is 2.39. The summed E-state index contributed by atoms with van der Waals surface area (Å²) in [7, 11) is 1.55. The Morgan fingerprint density at radius 1 is 1.09 bits per heavy atom. The summed E-state index contributed by atoms with van der Waals surface area (Å²) >= 11 is 0. The lowest BCUT2D eigenvalue weighted by atomic mass is 9.83. The van der Waals surface area contributed by atoms with Crippen LogP contribution in [0.25, 0.3) is 0 Å². The number of carbonyl (C=O) groups excluding carboxylic acids is 2. The van der Waals surface area contributed by atoms with Crippen LogP contribution in [0.2, 0.25) is 0 Å². The Bertz CT molecular complexity index is 1200. The quantitative estimate of drug-likeness (QED) is 0.563. The summed E-state index contributed by atoms with van der Waals surface area (Å²) in [6.07, 6.45) is 1.47. The summed E-state index contributed by atoms with van der Waals surface area (Å²) in [6, 6.07) is 19.4. The van der Waals surface area contributed by atoms with Gasteiger partial charge in [0, 0.05) is 39.2 Å². The number of pyridine rings is 1. The topological polar surface area (TPSA) is 101 Å². The first-order valence-electron chi connectivity index (χ1n) is 11.1. The predicted octanol–water partition coefficient (Wildman–Crippen LogP) is 2.99. The van der Waals surface area contributed by atoms with Crippen molar-refractivity contribution >= 4 is 17.5 Å². The van der Waals surface area contributed by atoms with Crippen LogP contribution in [-0.4, -0.2) is 53.2 Å². The second-order valence-corrected chi connectivity index (χ2v) is 8.27. The summed E-state index contributed by atoms with van der Waals surface area (Å²) in [5.41, 5.74) is 1.08. The number of anilines is 1. The van der Waals surface area contributed by atoms with Gasteiger partial charge in [0.1, 0.15) is 5.69 Å². The van der Waals surface area contributed by atoms with Gasteiger partial charge in [-0.25, -0.2) is 0 Å². The number of amides is 2. The number of nitrogens with zero attached hydrogens (tertiary/aromatic N) is 2. The Labute approximate surface area is 197 Å². The molecule has 34 heavy (non-hydrogen) atoms. The number of rotatable bonds is 7. The van der Waals surface area contributed by atoms with Gasteiger partial charge >= 0.3 is 0 Å². The summed E-state index contributed by atoms with van der Waals surface area (Å²) in [6.45, 7) is 2.23. The highest BCUT2D eigenvalue weighted by Crippen LogP contribution is 2.40. The Kier molecular flexibility index (Phi) is 6.79. The Morgan fingerprint density at radius 3 is 2.21 bits per heavy atom. The number of aromatic hydroxyl groups is 1. The first kappa shape index (κ1) is 23.3. The fourth-order valence-electron chi connectivity index (χ4n) is 4.54. The van der Waals surface area contributed by atoms with Crippen LogP contribution in [0.3, 0.4) is 0 Å². The largest absolute Gasteiger partial charge is 0.502 e. The zero-order valence-corrected chi connectivity index (χ0v) is 19.1. The van der Waals surface area contributed by atoms with Gasteiger partial charge in [0.25, 0.3) is 5.91 Å². The molecule has 1 atom stereocenters. The maximum absolute atomic E-state index is 13.3. The van der Waals surface area contributed by atoms with Crippen molar-refractivity contribution in [3.8, 4) is 5.75 Å². The van der Waals surface area contributed by atoms with E-state index >= 15 is 0 Å². The van der Waals surface area contributed by atoms with Crippen LogP contribution in [0.15, 0.2) is 71.7 Å². The molecule has 1 aromatic heterocycles. The van der Waals surface area contributed by atoms with Crippen LogP contribution < -0.4 is 10.7 Å². The van der Waals surface area contributed by atoms with E-state index < -0.39 is 23.0 Å². The molecular formula is C26H27N3O5. The number of hydrogen-bond acceptors (Lipinski definition) is 5. The van der Waals surface area contributed by atoms with Crippen LogP contribution in [0.1, 0.15) is 40.5 Å². The maximum Gasteiger partial charge on any atom is 0.274 e. The number of methoxy groups -OCH3 is 1. The van der Waals surface area contributed by atoms with Crippen LogP contribution in [0.4, 0.5) is 5.69 Å². The molecule has 0 fully saturated rings. The molecule has 0 unspecified atom stereocenters. The molecule has 8 nitrogen and oxygen atoms in total. The summed E-state index contributed by atoms with van der Waals surface area (Å²) < 4.78 is 6.83. The van der Waals surface area contributed by atoms with Gasteiger partial charge in [-0.15, -0.1) is 0 Å². The van der Waals surface area contributed by atoms with Crippen LogP contribution in [0, 0.1) is 0 Å². The molecule has 0 spiro atoms. The number of aromatic nitrogens is 1. The minimum absolute atomic E-state index is 0.0724. The van der Waals surface area contributed by atoms with Crippen LogP contribution in [-0.2, 0) is 9.53 Å². The van der Waals surface area contributed by atoms with E-state index in [4.69, 9.17) is 4.74 Å². The van der Waals surface area contributed by atoms with E-state index in [0.717, 1.165) is 11.1 Å². The Balaban J connectivity index is 1.95. The average molecular weight is 462 g/mol. The Hall–Kier alpha value is -3.91. The first-order chi connectivity index (χ1) is 16.4. The lowest BCUT2D eigenvalue weighted by molar-refractivity contribution is -0.114. The zero-order valence-electron chi connectivity index (χ0n) is 19.1. The first-order valence-corrected chi connectivity index (χ1v) is 11.1. The molecule has 0 radical (unpaired) electrons. The highest BCUT2D eigenvalue weighted by atomic mass is 16.5. The number of nitrogens with one attached hydrogen (secondary N) is 1. The van der Waals surface area contributed by atoms with Crippen molar-refractivity contribution in [2.45, 2.75) is 18.9 Å². The number of ether oxygens (including phenoxy) is 1. The molecule has 1 aliphatic heterocycles. The summed E-state index contributed by atoms with van der Waals surface area (Å²) in [5, 5.41) is 13.3. The monoisotopic (exact) mass is 461 g/mol. The van der Waals surface area contributed by atoms with Gasteiger partial charge in [-0.1, -0.05) is 60.7 Å². The molecule has 3 aromatic rings. The lowest BCUT2D eigenvalue weighted by Crippen LogP contribution is -2.47. The molecular weight excluding hydrogens is 434 g/mol. The molecule has 8 heteroatoms. The standard InChI is InChI=1S/C26H27N3O5/c1-17(30)27-20-15-29-21(16-28(13-14-34-2)26(33)23(29)25(32)24(20)31)22(18-9-5-3-6-10-18)19-11-7-4-8-12-19/h3-12,15,21-22,32H,13-14,16H2,1-2H3,(H,27,30)/t21-/m1/s1. The van der Waals surface area contributed by atoms with Crippen molar-refractivity contribution in [3.05, 3.63) is 93.9 Å². The third-order valence-electron chi connectivity index (χ3n) is 6.04.